The topological polar surface area (TPSA) is 15.3 Å². The Bertz CT molecular complexity index is 421. The van der Waals surface area contributed by atoms with Crippen molar-refractivity contribution >= 4 is 5.69 Å². The van der Waals surface area contributed by atoms with Crippen molar-refractivity contribution in [1.29, 1.82) is 0 Å². The maximum Gasteiger partial charge on any atom is 0.0442 e. The van der Waals surface area contributed by atoms with Crippen molar-refractivity contribution in [3.05, 3.63) is 29.3 Å². The molecule has 0 unspecified atom stereocenters. The van der Waals surface area contributed by atoms with E-state index in [4.69, 9.17) is 0 Å². The SMILES string of the molecule is Cc1cccc2c1N(CC(C)C)CC(C)(C)NC2. The number of anilines is 1. The molecular formula is C16H26N2. The van der Waals surface area contributed by atoms with Crippen LogP contribution in [0.5, 0.6) is 0 Å². The van der Waals surface area contributed by atoms with Crippen LogP contribution in [0.15, 0.2) is 18.2 Å². The molecular weight excluding hydrogens is 220 g/mol. The lowest BCUT2D eigenvalue weighted by atomic mass is 10.0. The Balaban J connectivity index is 2.41. The van der Waals surface area contributed by atoms with Crippen molar-refractivity contribution in [2.75, 3.05) is 18.0 Å². The molecule has 1 aliphatic heterocycles. The molecule has 2 heteroatoms. The van der Waals surface area contributed by atoms with Gasteiger partial charge in [-0.25, -0.2) is 0 Å². The molecule has 100 valence electrons. The molecule has 0 amide bonds. The molecule has 0 aliphatic carbocycles. The molecule has 0 saturated carbocycles. The lowest BCUT2D eigenvalue weighted by Gasteiger charge is -2.34. The average molecular weight is 246 g/mol. The van der Waals surface area contributed by atoms with Crippen molar-refractivity contribution in [2.24, 2.45) is 5.92 Å². The third-order valence-corrected chi connectivity index (χ3v) is 3.57. The summed E-state index contributed by atoms with van der Waals surface area (Å²) in [5, 5.41) is 3.67. The van der Waals surface area contributed by atoms with Gasteiger partial charge in [-0.2, -0.15) is 0 Å². The molecule has 1 aliphatic rings. The van der Waals surface area contributed by atoms with Crippen LogP contribution in [-0.4, -0.2) is 18.6 Å². The molecule has 0 aromatic heterocycles. The second-order valence-electron chi connectivity index (χ2n) is 6.59. The zero-order chi connectivity index (χ0) is 13.3. The highest BCUT2D eigenvalue weighted by Crippen LogP contribution is 2.30. The molecule has 0 radical (unpaired) electrons. The van der Waals surface area contributed by atoms with E-state index < -0.39 is 0 Å². The van der Waals surface area contributed by atoms with Crippen LogP contribution in [0.2, 0.25) is 0 Å². The standard InChI is InChI=1S/C16H26N2/c1-12(2)10-18-11-16(4,5)17-9-14-8-6-7-13(3)15(14)18/h6-8,12,17H,9-11H2,1-5H3. The maximum atomic E-state index is 3.67. The van der Waals surface area contributed by atoms with Gasteiger partial charge in [0.2, 0.25) is 0 Å². The van der Waals surface area contributed by atoms with Crippen LogP contribution in [0.25, 0.3) is 0 Å². The van der Waals surface area contributed by atoms with Gasteiger partial charge < -0.3 is 10.2 Å². The van der Waals surface area contributed by atoms with E-state index in [1.54, 1.807) is 0 Å². The smallest absolute Gasteiger partial charge is 0.0442 e. The predicted octanol–water partition coefficient (Wildman–Crippen LogP) is 3.34. The van der Waals surface area contributed by atoms with Gasteiger partial charge in [0, 0.05) is 30.9 Å². The number of aryl methyl sites for hydroxylation is 1. The monoisotopic (exact) mass is 246 g/mol. The molecule has 2 nitrogen and oxygen atoms in total. The third kappa shape index (κ3) is 2.86. The molecule has 0 bridgehead atoms. The summed E-state index contributed by atoms with van der Waals surface area (Å²) in [6.45, 7) is 14.6. The van der Waals surface area contributed by atoms with Gasteiger partial charge in [-0.3, -0.25) is 0 Å². The lowest BCUT2D eigenvalue weighted by molar-refractivity contribution is 0.390. The van der Waals surface area contributed by atoms with Gasteiger partial charge in [-0.05, 0) is 37.8 Å². The van der Waals surface area contributed by atoms with E-state index in [2.05, 4.69) is 63.0 Å². The Morgan fingerprint density at radius 1 is 1.33 bits per heavy atom. The van der Waals surface area contributed by atoms with Crippen molar-refractivity contribution in [1.82, 2.24) is 5.32 Å². The van der Waals surface area contributed by atoms with E-state index >= 15 is 0 Å². The van der Waals surface area contributed by atoms with Gasteiger partial charge in [0.05, 0.1) is 0 Å². The number of nitrogens with one attached hydrogen (secondary N) is 1. The zero-order valence-corrected chi connectivity index (χ0v) is 12.4. The average Bonchev–Trinajstić information content (AvgIpc) is 2.36. The molecule has 2 rings (SSSR count). The second-order valence-corrected chi connectivity index (χ2v) is 6.59. The van der Waals surface area contributed by atoms with Crippen molar-refractivity contribution in [3.8, 4) is 0 Å². The predicted molar refractivity (Wildman–Crippen MR) is 79.1 cm³/mol. The number of fused-ring (bicyclic) bond motifs is 1. The molecule has 1 N–H and O–H groups in total. The summed E-state index contributed by atoms with van der Waals surface area (Å²) in [6, 6.07) is 6.65. The Kier molecular flexibility index (Phi) is 3.67. The number of benzene rings is 1. The van der Waals surface area contributed by atoms with E-state index in [0.29, 0.717) is 5.92 Å². The van der Waals surface area contributed by atoms with Gasteiger partial charge in [0.1, 0.15) is 0 Å². The Morgan fingerprint density at radius 3 is 2.72 bits per heavy atom. The number of rotatable bonds is 2. The minimum Gasteiger partial charge on any atom is -0.369 e. The van der Waals surface area contributed by atoms with Gasteiger partial charge in [-0.15, -0.1) is 0 Å². The number of para-hydroxylation sites is 1. The fourth-order valence-electron chi connectivity index (χ4n) is 2.86. The first-order valence-electron chi connectivity index (χ1n) is 6.97. The van der Waals surface area contributed by atoms with Crippen LogP contribution in [0.1, 0.15) is 38.8 Å². The molecule has 0 saturated heterocycles. The zero-order valence-electron chi connectivity index (χ0n) is 12.4. The molecule has 0 atom stereocenters. The molecule has 0 fully saturated rings. The van der Waals surface area contributed by atoms with Gasteiger partial charge >= 0.3 is 0 Å². The highest BCUT2D eigenvalue weighted by Gasteiger charge is 2.27. The summed E-state index contributed by atoms with van der Waals surface area (Å²) < 4.78 is 0. The second kappa shape index (κ2) is 4.93. The van der Waals surface area contributed by atoms with Crippen molar-refractivity contribution in [2.45, 2.75) is 46.7 Å². The minimum absolute atomic E-state index is 0.167. The van der Waals surface area contributed by atoms with E-state index in [1.165, 1.54) is 16.8 Å². The molecule has 18 heavy (non-hydrogen) atoms. The maximum absolute atomic E-state index is 3.67. The van der Waals surface area contributed by atoms with E-state index in [0.717, 1.165) is 19.6 Å². The van der Waals surface area contributed by atoms with Crippen LogP contribution >= 0.6 is 0 Å². The summed E-state index contributed by atoms with van der Waals surface area (Å²) in [5.74, 6) is 0.686. The first-order chi connectivity index (χ1) is 8.39. The summed E-state index contributed by atoms with van der Waals surface area (Å²) in [6.07, 6.45) is 0. The van der Waals surface area contributed by atoms with Crippen molar-refractivity contribution < 1.29 is 0 Å². The Labute approximate surface area is 111 Å². The van der Waals surface area contributed by atoms with Crippen LogP contribution in [-0.2, 0) is 6.54 Å². The fourth-order valence-corrected chi connectivity index (χ4v) is 2.86. The highest BCUT2D eigenvalue weighted by molar-refractivity contribution is 5.60. The Morgan fingerprint density at radius 2 is 2.06 bits per heavy atom. The number of nitrogens with zero attached hydrogens (tertiary/aromatic N) is 1. The van der Waals surface area contributed by atoms with Crippen LogP contribution in [0.3, 0.4) is 0 Å². The van der Waals surface area contributed by atoms with Crippen molar-refractivity contribution in [3.63, 3.8) is 0 Å². The van der Waals surface area contributed by atoms with Crippen LogP contribution in [0.4, 0.5) is 5.69 Å². The van der Waals surface area contributed by atoms with E-state index in [1.807, 2.05) is 0 Å². The summed E-state index contributed by atoms with van der Waals surface area (Å²) in [4.78, 5) is 2.56. The van der Waals surface area contributed by atoms with Gasteiger partial charge in [0.15, 0.2) is 0 Å². The first-order valence-corrected chi connectivity index (χ1v) is 6.97. The molecule has 0 spiro atoms. The Hall–Kier alpha value is -1.02. The van der Waals surface area contributed by atoms with Crippen LogP contribution in [0, 0.1) is 12.8 Å². The highest BCUT2D eigenvalue weighted by atomic mass is 15.2. The van der Waals surface area contributed by atoms with E-state index in [-0.39, 0.29) is 5.54 Å². The molecule has 1 heterocycles. The first kappa shape index (κ1) is 13.4. The fraction of sp³-hybridized carbons (Fsp3) is 0.625. The summed E-state index contributed by atoms with van der Waals surface area (Å²) in [7, 11) is 0. The van der Waals surface area contributed by atoms with E-state index in [9.17, 15) is 0 Å². The summed E-state index contributed by atoms with van der Waals surface area (Å²) in [5.41, 5.74) is 4.44. The number of hydrogen-bond acceptors (Lipinski definition) is 2. The largest absolute Gasteiger partial charge is 0.369 e. The molecule has 1 aromatic carbocycles. The minimum atomic E-state index is 0.167. The quantitative estimate of drug-likeness (QED) is 0.861. The van der Waals surface area contributed by atoms with Crippen LogP contribution < -0.4 is 10.2 Å². The van der Waals surface area contributed by atoms with Gasteiger partial charge in [-0.1, -0.05) is 32.0 Å². The summed E-state index contributed by atoms with van der Waals surface area (Å²) >= 11 is 0. The molecule has 1 aromatic rings. The number of hydrogen-bond donors (Lipinski definition) is 1. The van der Waals surface area contributed by atoms with Gasteiger partial charge in [0.25, 0.3) is 0 Å². The lowest BCUT2D eigenvalue weighted by Crippen LogP contribution is -2.47. The normalized spacial score (nSPS) is 18.7. The third-order valence-electron chi connectivity index (χ3n) is 3.57.